The Hall–Kier alpha value is -1.94. The Balaban J connectivity index is 1.64. The number of hydrogen-bond donors (Lipinski definition) is 0. The predicted molar refractivity (Wildman–Crippen MR) is 99.1 cm³/mol. The molecule has 2 heterocycles. The molecule has 1 unspecified atom stereocenters. The SMILES string of the molecule is CCCCCC(c1ccccc1)N1CCN(c2ncccn2)CC1. The zero-order chi connectivity index (χ0) is 16.6. The average molecular weight is 324 g/mol. The van der Waals surface area contributed by atoms with Gasteiger partial charge in [-0.25, -0.2) is 9.97 Å². The van der Waals surface area contributed by atoms with Gasteiger partial charge in [-0.15, -0.1) is 0 Å². The molecule has 4 nitrogen and oxygen atoms in total. The maximum Gasteiger partial charge on any atom is 0.225 e. The smallest absolute Gasteiger partial charge is 0.225 e. The lowest BCUT2D eigenvalue weighted by atomic mass is 9.98. The third-order valence-electron chi connectivity index (χ3n) is 4.86. The fourth-order valence-corrected chi connectivity index (χ4v) is 3.51. The van der Waals surface area contributed by atoms with Crippen molar-refractivity contribution in [2.45, 2.75) is 38.6 Å². The Kier molecular flexibility index (Phi) is 6.19. The van der Waals surface area contributed by atoms with E-state index < -0.39 is 0 Å². The highest BCUT2D eigenvalue weighted by Crippen LogP contribution is 2.28. The summed E-state index contributed by atoms with van der Waals surface area (Å²) in [5.41, 5.74) is 1.46. The van der Waals surface area contributed by atoms with Crippen molar-refractivity contribution in [3.05, 3.63) is 54.4 Å². The van der Waals surface area contributed by atoms with Crippen LogP contribution in [0.15, 0.2) is 48.8 Å². The molecule has 4 heteroatoms. The lowest BCUT2D eigenvalue weighted by Gasteiger charge is -2.39. The van der Waals surface area contributed by atoms with Crippen LogP contribution in [0.25, 0.3) is 0 Å². The van der Waals surface area contributed by atoms with Crippen LogP contribution >= 0.6 is 0 Å². The quantitative estimate of drug-likeness (QED) is 0.723. The molecule has 3 rings (SSSR count). The van der Waals surface area contributed by atoms with Crippen LogP contribution in [-0.4, -0.2) is 41.0 Å². The van der Waals surface area contributed by atoms with E-state index in [1.165, 1.54) is 31.2 Å². The summed E-state index contributed by atoms with van der Waals surface area (Å²) < 4.78 is 0. The molecule has 0 radical (unpaired) electrons. The summed E-state index contributed by atoms with van der Waals surface area (Å²) in [6.45, 7) is 6.42. The summed E-state index contributed by atoms with van der Waals surface area (Å²) in [5.74, 6) is 0.861. The van der Waals surface area contributed by atoms with E-state index >= 15 is 0 Å². The van der Waals surface area contributed by atoms with Gasteiger partial charge in [-0.1, -0.05) is 56.5 Å². The van der Waals surface area contributed by atoms with Crippen molar-refractivity contribution in [2.24, 2.45) is 0 Å². The molecule has 0 amide bonds. The van der Waals surface area contributed by atoms with E-state index in [1.54, 1.807) is 0 Å². The van der Waals surface area contributed by atoms with Gasteiger partial charge in [-0.2, -0.15) is 0 Å². The lowest BCUT2D eigenvalue weighted by Crippen LogP contribution is -2.48. The van der Waals surface area contributed by atoms with Crippen molar-refractivity contribution in [2.75, 3.05) is 31.1 Å². The largest absolute Gasteiger partial charge is 0.338 e. The van der Waals surface area contributed by atoms with Crippen LogP contribution in [0, 0.1) is 0 Å². The normalized spacial score (nSPS) is 17.0. The topological polar surface area (TPSA) is 32.3 Å². The first-order valence-corrected chi connectivity index (χ1v) is 9.19. The molecule has 1 aromatic heterocycles. The number of benzene rings is 1. The first kappa shape index (κ1) is 16.9. The minimum absolute atomic E-state index is 0.539. The molecule has 0 spiro atoms. The highest BCUT2D eigenvalue weighted by Gasteiger charge is 2.25. The monoisotopic (exact) mass is 324 g/mol. The second kappa shape index (κ2) is 8.78. The van der Waals surface area contributed by atoms with Gasteiger partial charge in [-0.05, 0) is 18.1 Å². The zero-order valence-electron chi connectivity index (χ0n) is 14.6. The summed E-state index contributed by atoms with van der Waals surface area (Å²) in [5, 5.41) is 0. The number of unbranched alkanes of at least 4 members (excludes halogenated alkanes) is 2. The summed E-state index contributed by atoms with van der Waals surface area (Å²) in [4.78, 5) is 13.7. The number of aromatic nitrogens is 2. The molecular weight excluding hydrogens is 296 g/mol. The van der Waals surface area contributed by atoms with Crippen LogP contribution in [0.4, 0.5) is 5.95 Å². The van der Waals surface area contributed by atoms with Crippen molar-refractivity contribution in [1.82, 2.24) is 14.9 Å². The third-order valence-corrected chi connectivity index (χ3v) is 4.86. The van der Waals surface area contributed by atoms with Gasteiger partial charge >= 0.3 is 0 Å². The van der Waals surface area contributed by atoms with Gasteiger partial charge in [0.1, 0.15) is 0 Å². The van der Waals surface area contributed by atoms with E-state index in [2.05, 4.69) is 57.0 Å². The van der Waals surface area contributed by atoms with E-state index in [4.69, 9.17) is 0 Å². The molecule has 0 N–H and O–H groups in total. The van der Waals surface area contributed by atoms with Gasteiger partial charge in [0.05, 0.1) is 0 Å². The number of piperazine rings is 1. The number of hydrogen-bond acceptors (Lipinski definition) is 4. The molecule has 2 aromatic rings. The standard InChI is InChI=1S/C20H28N4/c1-2-3-5-11-19(18-9-6-4-7-10-18)23-14-16-24(17-15-23)20-21-12-8-13-22-20/h4,6-10,12-13,19H,2-3,5,11,14-17H2,1H3. The lowest BCUT2D eigenvalue weighted by molar-refractivity contribution is 0.173. The van der Waals surface area contributed by atoms with Gasteiger partial charge < -0.3 is 4.90 Å². The maximum absolute atomic E-state index is 4.39. The zero-order valence-corrected chi connectivity index (χ0v) is 14.6. The molecule has 0 saturated carbocycles. The Morgan fingerprint density at radius 2 is 1.62 bits per heavy atom. The molecule has 0 bridgehead atoms. The minimum Gasteiger partial charge on any atom is -0.338 e. The fourth-order valence-electron chi connectivity index (χ4n) is 3.51. The molecule has 24 heavy (non-hydrogen) atoms. The van der Waals surface area contributed by atoms with Crippen molar-refractivity contribution in [1.29, 1.82) is 0 Å². The molecule has 1 saturated heterocycles. The van der Waals surface area contributed by atoms with Crippen LogP contribution in [0.5, 0.6) is 0 Å². The summed E-state index contributed by atoms with van der Waals surface area (Å²) in [6, 6.07) is 13.4. The fraction of sp³-hybridized carbons (Fsp3) is 0.500. The molecule has 128 valence electrons. The van der Waals surface area contributed by atoms with Gasteiger partial charge in [0, 0.05) is 44.6 Å². The highest BCUT2D eigenvalue weighted by molar-refractivity contribution is 5.29. The highest BCUT2D eigenvalue weighted by atomic mass is 15.3. The van der Waals surface area contributed by atoms with Crippen LogP contribution in [0.3, 0.4) is 0 Å². The van der Waals surface area contributed by atoms with Gasteiger partial charge in [0.2, 0.25) is 5.95 Å². The Morgan fingerprint density at radius 1 is 0.917 bits per heavy atom. The molecule has 1 aliphatic heterocycles. The third kappa shape index (κ3) is 4.32. The van der Waals surface area contributed by atoms with Crippen molar-refractivity contribution in [3.8, 4) is 0 Å². The van der Waals surface area contributed by atoms with Crippen molar-refractivity contribution < 1.29 is 0 Å². The molecule has 0 aliphatic carbocycles. The van der Waals surface area contributed by atoms with Crippen LogP contribution in [0.1, 0.15) is 44.2 Å². The summed E-state index contributed by atoms with van der Waals surface area (Å²) >= 11 is 0. The molecule has 1 atom stereocenters. The Bertz CT molecular complexity index is 579. The van der Waals surface area contributed by atoms with Crippen molar-refractivity contribution in [3.63, 3.8) is 0 Å². The van der Waals surface area contributed by atoms with E-state index in [-0.39, 0.29) is 0 Å². The Labute approximate surface area is 145 Å². The van der Waals surface area contributed by atoms with Crippen LogP contribution in [-0.2, 0) is 0 Å². The van der Waals surface area contributed by atoms with Crippen LogP contribution < -0.4 is 4.90 Å². The maximum atomic E-state index is 4.39. The van der Waals surface area contributed by atoms with Crippen molar-refractivity contribution >= 4 is 5.95 Å². The number of nitrogens with zero attached hydrogens (tertiary/aromatic N) is 4. The average Bonchev–Trinajstić information content (AvgIpc) is 2.67. The van der Waals surface area contributed by atoms with Gasteiger partial charge in [0.15, 0.2) is 0 Å². The Morgan fingerprint density at radius 3 is 2.29 bits per heavy atom. The first-order chi connectivity index (χ1) is 11.9. The summed E-state index contributed by atoms with van der Waals surface area (Å²) in [7, 11) is 0. The molecule has 1 fully saturated rings. The molecule has 1 aromatic carbocycles. The van der Waals surface area contributed by atoms with Gasteiger partial charge in [0.25, 0.3) is 0 Å². The van der Waals surface area contributed by atoms with Crippen LogP contribution in [0.2, 0.25) is 0 Å². The second-order valence-corrected chi connectivity index (χ2v) is 6.49. The van der Waals surface area contributed by atoms with E-state index in [0.717, 1.165) is 32.1 Å². The minimum atomic E-state index is 0.539. The van der Waals surface area contributed by atoms with E-state index in [9.17, 15) is 0 Å². The summed E-state index contributed by atoms with van der Waals surface area (Å²) in [6.07, 6.45) is 8.80. The second-order valence-electron chi connectivity index (χ2n) is 6.49. The number of anilines is 1. The predicted octanol–water partition coefficient (Wildman–Crippen LogP) is 3.92. The number of rotatable bonds is 7. The van der Waals surface area contributed by atoms with E-state index in [1.807, 2.05) is 18.5 Å². The van der Waals surface area contributed by atoms with E-state index in [0.29, 0.717) is 6.04 Å². The molecule has 1 aliphatic rings. The van der Waals surface area contributed by atoms with Gasteiger partial charge in [-0.3, -0.25) is 4.90 Å². The molecular formula is C20H28N4. The first-order valence-electron chi connectivity index (χ1n) is 9.19.